The topological polar surface area (TPSA) is 3.24 Å². The van der Waals surface area contributed by atoms with Crippen molar-refractivity contribution in [3.8, 4) is 33.4 Å². The van der Waals surface area contributed by atoms with Crippen LogP contribution in [0.5, 0.6) is 0 Å². The molecule has 10 aromatic rings. The zero-order chi connectivity index (χ0) is 37.8. The van der Waals surface area contributed by atoms with Crippen molar-refractivity contribution in [1.29, 1.82) is 0 Å². The molecule has 268 valence electrons. The lowest BCUT2D eigenvalue weighted by Crippen LogP contribution is -2.28. The quantitative estimate of drug-likeness (QED) is 0.157. The van der Waals surface area contributed by atoms with E-state index in [1.165, 1.54) is 75.8 Å². The van der Waals surface area contributed by atoms with Gasteiger partial charge in [-0.1, -0.05) is 182 Å². The van der Waals surface area contributed by atoms with E-state index in [2.05, 4.69) is 229 Å². The van der Waals surface area contributed by atoms with Crippen molar-refractivity contribution in [2.75, 3.05) is 4.90 Å². The highest BCUT2D eigenvalue weighted by Gasteiger charge is 2.46. The minimum Gasteiger partial charge on any atom is -0.309 e. The first-order valence-electron chi connectivity index (χ1n) is 19.6. The Labute approximate surface area is 337 Å². The van der Waals surface area contributed by atoms with Crippen LogP contribution in [0, 0.1) is 0 Å². The summed E-state index contributed by atoms with van der Waals surface area (Å²) < 4.78 is 2.62. The maximum atomic E-state index is 2.50. The van der Waals surface area contributed by atoms with Crippen LogP contribution in [0.1, 0.15) is 22.3 Å². The average molecular weight is 744 g/mol. The predicted octanol–water partition coefficient (Wildman–Crippen LogP) is 15.2. The van der Waals surface area contributed by atoms with E-state index in [1.807, 2.05) is 11.3 Å². The van der Waals surface area contributed by atoms with Crippen molar-refractivity contribution >= 4 is 48.6 Å². The van der Waals surface area contributed by atoms with E-state index >= 15 is 0 Å². The Morgan fingerprint density at radius 1 is 0.333 bits per heavy atom. The number of thiophene rings is 1. The number of fused-ring (bicyclic) bond motifs is 6. The van der Waals surface area contributed by atoms with Crippen molar-refractivity contribution in [3.05, 3.63) is 247 Å². The number of anilines is 3. The van der Waals surface area contributed by atoms with Crippen LogP contribution < -0.4 is 4.90 Å². The summed E-state index contributed by atoms with van der Waals surface area (Å²) in [5, 5.41) is 2.60. The molecule has 0 atom stereocenters. The summed E-state index contributed by atoms with van der Waals surface area (Å²) in [6.07, 6.45) is 0. The van der Waals surface area contributed by atoms with Crippen LogP contribution in [0.15, 0.2) is 224 Å². The van der Waals surface area contributed by atoms with E-state index in [-0.39, 0.29) is 0 Å². The largest absolute Gasteiger partial charge is 0.309 e. The second-order valence-electron chi connectivity index (χ2n) is 14.8. The Hall–Kier alpha value is -7.00. The number of nitrogens with zero attached hydrogens (tertiary/aromatic N) is 1. The van der Waals surface area contributed by atoms with E-state index in [0.717, 1.165) is 17.1 Å². The van der Waals surface area contributed by atoms with Gasteiger partial charge in [0.2, 0.25) is 0 Å². The zero-order valence-corrected chi connectivity index (χ0v) is 32.0. The van der Waals surface area contributed by atoms with Crippen LogP contribution in [0.25, 0.3) is 53.6 Å². The van der Waals surface area contributed by atoms with Crippen molar-refractivity contribution in [2.24, 2.45) is 0 Å². The Bertz CT molecular complexity index is 3030. The molecule has 0 fully saturated rings. The van der Waals surface area contributed by atoms with Crippen LogP contribution in [-0.4, -0.2) is 0 Å². The lowest BCUT2D eigenvalue weighted by atomic mass is 9.67. The number of hydrogen-bond acceptors (Lipinski definition) is 2. The highest BCUT2D eigenvalue weighted by Crippen LogP contribution is 2.57. The van der Waals surface area contributed by atoms with Crippen LogP contribution in [-0.2, 0) is 5.41 Å². The standard InChI is InChI=1S/C55H37NS/c1-4-18-38(19-5-1)43-24-11-15-29-51(43)56(52-30-16-12-25-44(52)39-32-35-54-48(36-39)47-27-13-17-31-53(47)57-54)42-33-34-46-45-26-10-14-28-49(45)55(50(46)37-42,40-20-6-2-7-21-40)41-22-8-3-9-23-41/h1-37H. The molecule has 1 nitrogen and oxygen atoms in total. The van der Waals surface area contributed by atoms with Crippen molar-refractivity contribution in [3.63, 3.8) is 0 Å². The van der Waals surface area contributed by atoms with Gasteiger partial charge in [0.05, 0.1) is 16.8 Å². The fourth-order valence-electron chi connectivity index (χ4n) is 9.32. The lowest BCUT2D eigenvalue weighted by Gasteiger charge is -2.35. The number of rotatable bonds is 7. The number of para-hydroxylation sites is 2. The molecule has 11 rings (SSSR count). The second-order valence-corrected chi connectivity index (χ2v) is 15.9. The second kappa shape index (κ2) is 13.6. The monoisotopic (exact) mass is 743 g/mol. The smallest absolute Gasteiger partial charge is 0.0714 e. The van der Waals surface area contributed by atoms with E-state index in [0.29, 0.717) is 0 Å². The minimum atomic E-state index is -0.514. The van der Waals surface area contributed by atoms with Crippen LogP contribution >= 0.6 is 11.3 Å². The molecule has 0 spiro atoms. The minimum absolute atomic E-state index is 0.514. The third-order valence-corrected chi connectivity index (χ3v) is 12.9. The summed E-state index contributed by atoms with van der Waals surface area (Å²) in [5.74, 6) is 0. The van der Waals surface area contributed by atoms with Gasteiger partial charge in [0.25, 0.3) is 0 Å². The van der Waals surface area contributed by atoms with E-state index in [1.54, 1.807) is 0 Å². The molecule has 0 aliphatic heterocycles. The molecular formula is C55H37NS. The molecule has 1 heterocycles. The van der Waals surface area contributed by atoms with Gasteiger partial charge in [-0.25, -0.2) is 0 Å². The normalized spacial score (nSPS) is 12.7. The highest BCUT2D eigenvalue weighted by atomic mass is 32.1. The van der Waals surface area contributed by atoms with Crippen molar-refractivity contribution in [1.82, 2.24) is 0 Å². The average Bonchev–Trinajstić information content (AvgIpc) is 3.81. The summed E-state index contributed by atoms with van der Waals surface area (Å²) in [6.45, 7) is 0. The SMILES string of the molecule is c1ccc(-c2ccccc2N(c2ccc3c(c2)C(c2ccccc2)(c2ccccc2)c2ccccc2-3)c2ccccc2-c2ccc3sc4ccccc4c3c2)cc1. The summed E-state index contributed by atoms with van der Waals surface area (Å²) in [6, 6.07) is 82.6. The van der Waals surface area contributed by atoms with Crippen molar-refractivity contribution < 1.29 is 0 Å². The lowest BCUT2D eigenvalue weighted by molar-refractivity contribution is 0.768. The molecule has 0 radical (unpaired) electrons. The maximum absolute atomic E-state index is 2.50. The third kappa shape index (κ3) is 5.29. The zero-order valence-electron chi connectivity index (χ0n) is 31.2. The Kier molecular flexibility index (Phi) is 7.98. The Morgan fingerprint density at radius 3 is 1.56 bits per heavy atom. The molecule has 0 N–H and O–H groups in total. The van der Waals surface area contributed by atoms with Gasteiger partial charge in [-0.2, -0.15) is 0 Å². The summed E-state index contributed by atoms with van der Waals surface area (Å²) >= 11 is 1.86. The van der Waals surface area contributed by atoms with Crippen LogP contribution in [0.3, 0.4) is 0 Å². The number of benzene rings is 9. The fraction of sp³-hybridized carbons (Fsp3) is 0.0182. The van der Waals surface area contributed by atoms with Gasteiger partial charge in [0.1, 0.15) is 0 Å². The molecule has 1 aliphatic rings. The van der Waals surface area contributed by atoms with Gasteiger partial charge in [0, 0.05) is 37.0 Å². The van der Waals surface area contributed by atoms with Gasteiger partial charge in [-0.15, -0.1) is 11.3 Å². The maximum Gasteiger partial charge on any atom is 0.0714 e. The van der Waals surface area contributed by atoms with E-state index < -0.39 is 5.41 Å². The van der Waals surface area contributed by atoms with Gasteiger partial charge >= 0.3 is 0 Å². The molecule has 0 unspecified atom stereocenters. The molecule has 1 aliphatic carbocycles. The predicted molar refractivity (Wildman–Crippen MR) is 242 cm³/mol. The molecule has 0 saturated carbocycles. The van der Waals surface area contributed by atoms with Gasteiger partial charge in [-0.3, -0.25) is 0 Å². The van der Waals surface area contributed by atoms with E-state index in [9.17, 15) is 0 Å². The number of hydrogen-bond donors (Lipinski definition) is 0. The van der Waals surface area contributed by atoms with Crippen molar-refractivity contribution in [2.45, 2.75) is 5.41 Å². The van der Waals surface area contributed by atoms with Gasteiger partial charge in [0.15, 0.2) is 0 Å². The first kappa shape index (κ1) is 33.3. The Balaban J connectivity index is 1.20. The van der Waals surface area contributed by atoms with Gasteiger partial charge < -0.3 is 4.90 Å². The van der Waals surface area contributed by atoms with Crippen LogP contribution in [0.4, 0.5) is 17.1 Å². The molecule has 2 heteroatoms. The van der Waals surface area contributed by atoms with E-state index in [4.69, 9.17) is 0 Å². The molecule has 0 saturated heterocycles. The summed E-state index contributed by atoms with van der Waals surface area (Å²) in [7, 11) is 0. The highest BCUT2D eigenvalue weighted by molar-refractivity contribution is 7.25. The van der Waals surface area contributed by atoms with Gasteiger partial charge in [-0.05, 0) is 87.0 Å². The molecule has 57 heavy (non-hydrogen) atoms. The van der Waals surface area contributed by atoms with Crippen LogP contribution in [0.2, 0.25) is 0 Å². The fourth-order valence-corrected chi connectivity index (χ4v) is 10.4. The molecule has 0 amide bonds. The first-order chi connectivity index (χ1) is 28.3. The molecule has 0 bridgehead atoms. The summed E-state index contributed by atoms with van der Waals surface area (Å²) in [4.78, 5) is 2.50. The first-order valence-corrected chi connectivity index (χ1v) is 20.4. The molecule has 1 aromatic heterocycles. The molecule has 9 aromatic carbocycles. The molecular weight excluding hydrogens is 707 g/mol. The summed E-state index contributed by atoms with van der Waals surface area (Å²) in [5.41, 5.74) is 15.2. The Morgan fingerprint density at radius 2 is 0.860 bits per heavy atom. The third-order valence-electron chi connectivity index (χ3n) is 11.8.